The molecule has 1 aliphatic heterocycles. The monoisotopic (exact) mass is 480 g/mol. The molecule has 1 atom stereocenters. The van der Waals surface area contributed by atoms with Crippen molar-refractivity contribution >= 4 is 23.2 Å². The normalized spacial score (nSPS) is 15.1. The summed E-state index contributed by atoms with van der Waals surface area (Å²) in [6.07, 6.45) is 0.770. The molecule has 2 amide bonds. The van der Waals surface area contributed by atoms with Gasteiger partial charge in [0.15, 0.2) is 0 Å². The first-order valence-corrected chi connectivity index (χ1v) is 12.4. The smallest absolute Gasteiger partial charge is 0.257 e. The number of benzene rings is 2. The second kappa shape index (κ2) is 10.4. The van der Waals surface area contributed by atoms with Crippen LogP contribution in [-0.2, 0) is 11.2 Å². The molecule has 178 valence electrons. The van der Waals surface area contributed by atoms with E-state index in [9.17, 15) is 14.0 Å². The van der Waals surface area contributed by atoms with Crippen molar-refractivity contribution in [3.05, 3.63) is 86.9 Å². The third-order valence-electron chi connectivity index (χ3n) is 6.24. The number of ether oxygens (including phenoxy) is 1. The number of carbonyl (C=O) groups excluding carboxylic acids is 2. The minimum atomic E-state index is -0.584. The van der Waals surface area contributed by atoms with E-state index in [-0.39, 0.29) is 24.1 Å². The molecular weight excluding hydrogens is 451 g/mol. The number of nitrogens with zero attached hydrogens (tertiary/aromatic N) is 2. The first-order valence-electron chi connectivity index (χ1n) is 11.5. The van der Waals surface area contributed by atoms with E-state index in [0.29, 0.717) is 19.7 Å². The third-order valence-corrected chi connectivity index (χ3v) is 7.24. The average Bonchev–Trinajstić information content (AvgIpc) is 3.31. The van der Waals surface area contributed by atoms with Gasteiger partial charge in [0.25, 0.3) is 5.91 Å². The van der Waals surface area contributed by atoms with Gasteiger partial charge >= 0.3 is 0 Å². The van der Waals surface area contributed by atoms with Crippen molar-refractivity contribution in [3.63, 3.8) is 0 Å². The highest BCUT2D eigenvalue weighted by molar-refractivity contribution is 7.10. The van der Waals surface area contributed by atoms with Gasteiger partial charge in [0.1, 0.15) is 24.7 Å². The lowest BCUT2D eigenvalue weighted by Crippen LogP contribution is -2.47. The van der Waals surface area contributed by atoms with Crippen molar-refractivity contribution in [2.45, 2.75) is 33.2 Å². The number of hydrogen-bond donors (Lipinski definition) is 0. The van der Waals surface area contributed by atoms with Crippen LogP contribution in [0, 0.1) is 19.7 Å². The van der Waals surface area contributed by atoms with Crippen molar-refractivity contribution in [2.75, 3.05) is 26.2 Å². The maximum atomic E-state index is 14.2. The molecule has 0 spiro atoms. The van der Waals surface area contributed by atoms with Crippen LogP contribution in [0.2, 0.25) is 0 Å². The summed E-state index contributed by atoms with van der Waals surface area (Å²) in [6, 6.07) is 13.7. The Bertz CT molecular complexity index is 1190. The summed E-state index contributed by atoms with van der Waals surface area (Å²) in [5.41, 5.74) is 3.29. The zero-order chi connectivity index (χ0) is 24.2. The number of amides is 2. The van der Waals surface area contributed by atoms with E-state index < -0.39 is 11.7 Å². The van der Waals surface area contributed by atoms with Crippen LogP contribution in [0.5, 0.6) is 5.75 Å². The molecule has 0 radical (unpaired) electrons. The zero-order valence-corrected chi connectivity index (χ0v) is 20.5. The van der Waals surface area contributed by atoms with E-state index in [1.807, 2.05) is 31.4 Å². The molecule has 2 aromatic carbocycles. The average molecular weight is 481 g/mol. The number of rotatable bonds is 7. The topological polar surface area (TPSA) is 49.9 Å². The number of hydrogen-bond acceptors (Lipinski definition) is 4. The fourth-order valence-electron chi connectivity index (χ4n) is 4.39. The summed E-state index contributed by atoms with van der Waals surface area (Å²) in [5, 5.41) is 2.04. The van der Waals surface area contributed by atoms with Gasteiger partial charge in [-0.05, 0) is 68.0 Å². The molecule has 5 nitrogen and oxygen atoms in total. The third kappa shape index (κ3) is 4.99. The summed E-state index contributed by atoms with van der Waals surface area (Å²) in [6.45, 7) is 6.92. The van der Waals surface area contributed by atoms with E-state index in [2.05, 4.69) is 12.1 Å². The number of aryl methyl sites for hydroxylation is 2. The molecule has 1 aliphatic rings. The molecular formula is C27H29FN2O3S. The van der Waals surface area contributed by atoms with Crippen molar-refractivity contribution in [2.24, 2.45) is 0 Å². The Kier molecular flexibility index (Phi) is 7.32. The Hall–Kier alpha value is -3.19. The minimum Gasteiger partial charge on any atom is -0.491 e. The lowest BCUT2D eigenvalue weighted by Gasteiger charge is -2.37. The second-order valence-electron chi connectivity index (χ2n) is 8.53. The highest BCUT2D eigenvalue weighted by Crippen LogP contribution is 2.34. The minimum absolute atomic E-state index is 0.0226. The number of thiophene rings is 1. The summed E-state index contributed by atoms with van der Waals surface area (Å²) < 4.78 is 20.4. The van der Waals surface area contributed by atoms with Gasteiger partial charge < -0.3 is 14.5 Å². The molecule has 0 fully saturated rings. The predicted molar refractivity (Wildman–Crippen MR) is 132 cm³/mol. The van der Waals surface area contributed by atoms with Gasteiger partial charge in [0.2, 0.25) is 5.91 Å². The second-order valence-corrected chi connectivity index (χ2v) is 9.53. The maximum Gasteiger partial charge on any atom is 0.257 e. The summed E-state index contributed by atoms with van der Waals surface area (Å²) in [5.74, 6) is -0.438. The van der Waals surface area contributed by atoms with E-state index in [4.69, 9.17) is 4.74 Å². The molecule has 34 heavy (non-hydrogen) atoms. The number of fused-ring (bicyclic) bond motifs is 1. The quantitative estimate of drug-likeness (QED) is 0.469. The van der Waals surface area contributed by atoms with Crippen LogP contribution in [0.25, 0.3) is 0 Å². The van der Waals surface area contributed by atoms with Gasteiger partial charge in [-0.3, -0.25) is 9.59 Å². The van der Waals surface area contributed by atoms with Gasteiger partial charge in [0.05, 0.1) is 11.6 Å². The molecule has 0 aliphatic carbocycles. The Morgan fingerprint density at radius 1 is 1.18 bits per heavy atom. The van der Waals surface area contributed by atoms with Gasteiger partial charge in [-0.1, -0.05) is 29.8 Å². The Morgan fingerprint density at radius 3 is 2.71 bits per heavy atom. The highest BCUT2D eigenvalue weighted by Gasteiger charge is 2.33. The van der Waals surface area contributed by atoms with Crippen LogP contribution in [0.4, 0.5) is 4.39 Å². The molecule has 2 heterocycles. The number of halogens is 1. The Morgan fingerprint density at radius 2 is 1.97 bits per heavy atom. The Balaban J connectivity index is 1.52. The number of carbonyl (C=O) groups is 2. The Labute approximate surface area is 203 Å². The molecule has 1 aromatic heterocycles. The van der Waals surface area contributed by atoms with Crippen molar-refractivity contribution in [1.29, 1.82) is 0 Å². The van der Waals surface area contributed by atoms with Crippen LogP contribution in [0.15, 0.2) is 53.9 Å². The van der Waals surface area contributed by atoms with E-state index in [1.54, 1.807) is 35.3 Å². The molecule has 0 bridgehead atoms. The van der Waals surface area contributed by atoms with Gasteiger partial charge in [-0.25, -0.2) is 4.39 Å². The fourth-order valence-corrected chi connectivity index (χ4v) is 5.32. The first-order chi connectivity index (χ1) is 16.4. The first kappa shape index (κ1) is 24.0. The van der Waals surface area contributed by atoms with Crippen LogP contribution >= 0.6 is 11.3 Å². The van der Waals surface area contributed by atoms with Crippen LogP contribution in [0.1, 0.15) is 44.9 Å². The largest absolute Gasteiger partial charge is 0.491 e. The molecule has 7 heteroatoms. The fraction of sp³-hybridized carbons (Fsp3) is 0.333. The molecule has 4 rings (SSSR count). The SMILES string of the molecule is CCN(CC(=O)N1CCc2sccc2C1COc1ccc(C)cc1C)C(=O)c1ccccc1F. The standard InChI is InChI=1S/C27H29FN2O3S/c1-4-29(27(32)20-7-5-6-8-22(20)28)16-26(31)30-13-11-25-21(12-14-34-25)23(30)17-33-24-10-9-18(2)15-19(24)3/h5-10,12,14-15,23H,4,11,13,16-17H2,1-3H3. The molecule has 3 aromatic rings. The molecule has 1 unspecified atom stereocenters. The van der Waals surface area contributed by atoms with Crippen molar-refractivity contribution in [1.82, 2.24) is 9.80 Å². The van der Waals surface area contributed by atoms with Crippen LogP contribution < -0.4 is 4.74 Å². The van der Waals surface area contributed by atoms with Crippen molar-refractivity contribution in [3.8, 4) is 5.75 Å². The van der Waals surface area contributed by atoms with Crippen molar-refractivity contribution < 1.29 is 18.7 Å². The zero-order valence-electron chi connectivity index (χ0n) is 19.7. The van der Waals surface area contributed by atoms with Gasteiger partial charge in [-0.15, -0.1) is 11.3 Å². The lowest BCUT2D eigenvalue weighted by atomic mass is 10.00. The molecule has 0 saturated carbocycles. The maximum absolute atomic E-state index is 14.2. The van der Waals surface area contributed by atoms with E-state index in [1.165, 1.54) is 27.5 Å². The lowest BCUT2D eigenvalue weighted by molar-refractivity contribution is -0.135. The van der Waals surface area contributed by atoms with Gasteiger partial charge in [0, 0.05) is 18.0 Å². The summed E-state index contributed by atoms with van der Waals surface area (Å²) in [4.78, 5) is 30.8. The molecule has 0 N–H and O–H groups in total. The van der Waals surface area contributed by atoms with Crippen LogP contribution in [-0.4, -0.2) is 47.9 Å². The predicted octanol–water partition coefficient (Wildman–Crippen LogP) is 5.17. The summed E-state index contributed by atoms with van der Waals surface area (Å²) in [7, 11) is 0. The van der Waals surface area contributed by atoms with E-state index >= 15 is 0 Å². The van der Waals surface area contributed by atoms with Crippen LogP contribution in [0.3, 0.4) is 0 Å². The van der Waals surface area contributed by atoms with Gasteiger partial charge in [-0.2, -0.15) is 0 Å². The summed E-state index contributed by atoms with van der Waals surface area (Å²) >= 11 is 1.69. The highest BCUT2D eigenvalue weighted by atomic mass is 32.1. The number of likely N-dealkylation sites (N-methyl/N-ethyl adjacent to an activating group) is 1. The van der Waals surface area contributed by atoms with E-state index in [0.717, 1.165) is 23.3 Å². The molecule has 0 saturated heterocycles.